The average Bonchev–Trinajstić information content (AvgIpc) is 2.72. The van der Waals surface area contributed by atoms with E-state index in [2.05, 4.69) is 5.43 Å². The number of rotatable bonds is 3. The van der Waals surface area contributed by atoms with Crippen molar-refractivity contribution in [3.63, 3.8) is 0 Å². The van der Waals surface area contributed by atoms with Crippen molar-refractivity contribution in [2.45, 2.75) is 25.4 Å². The molecule has 1 aliphatic heterocycles. The second kappa shape index (κ2) is 4.97. The molecule has 17 heavy (non-hydrogen) atoms. The zero-order valence-corrected chi connectivity index (χ0v) is 9.43. The molecule has 1 unspecified atom stereocenters. The van der Waals surface area contributed by atoms with Crippen LogP contribution in [-0.2, 0) is 16.1 Å². The molecule has 1 aromatic rings. The molecule has 90 valence electrons. The molecule has 0 aromatic heterocycles. The normalized spacial score (nSPS) is 19.5. The Balaban J connectivity index is 2.12. The average molecular weight is 233 g/mol. The Morgan fingerprint density at radius 3 is 2.76 bits per heavy atom. The van der Waals surface area contributed by atoms with Gasteiger partial charge in [0.25, 0.3) is 5.91 Å². The Kier molecular flexibility index (Phi) is 3.39. The van der Waals surface area contributed by atoms with E-state index >= 15 is 0 Å². The van der Waals surface area contributed by atoms with Gasteiger partial charge in [0.2, 0.25) is 5.91 Å². The summed E-state index contributed by atoms with van der Waals surface area (Å²) < 4.78 is 0. The van der Waals surface area contributed by atoms with Crippen molar-refractivity contribution < 1.29 is 9.59 Å². The van der Waals surface area contributed by atoms with Crippen LogP contribution in [0.5, 0.6) is 0 Å². The number of benzene rings is 1. The minimum absolute atomic E-state index is 0.00227. The molecule has 0 spiro atoms. The summed E-state index contributed by atoms with van der Waals surface area (Å²) in [6.45, 7) is 0.456. The lowest BCUT2D eigenvalue weighted by Gasteiger charge is -2.23. The smallest absolute Gasteiger partial charge is 0.256 e. The number of carbonyl (C=O) groups excluding carboxylic acids is 2. The Hall–Kier alpha value is -1.88. The standard InChI is InChI=1S/C12H15N3O2/c13-14-12(17)10-6-7-11(16)15(10)8-9-4-2-1-3-5-9/h1-5,10H,6-8,13H2,(H,14,17). The Labute approximate surface area is 99.6 Å². The highest BCUT2D eigenvalue weighted by molar-refractivity contribution is 5.90. The fraction of sp³-hybridized carbons (Fsp3) is 0.333. The topological polar surface area (TPSA) is 75.4 Å². The maximum atomic E-state index is 11.7. The van der Waals surface area contributed by atoms with Crippen LogP contribution in [0.3, 0.4) is 0 Å². The molecule has 0 bridgehead atoms. The SMILES string of the molecule is NNC(=O)C1CCC(=O)N1Cc1ccccc1. The van der Waals surface area contributed by atoms with Gasteiger partial charge in [-0.25, -0.2) is 5.84 Å². The number of likely N-dealkylation sites (tertiary alicyclic amines) is 1. The van der Waals surface area contributed by atoms with Crippen LogP contribution < -0.4 is 11.3 Å². The molecule has 1 fully saturated rings. The number of amides is 2. The lowest BCUT2D eigenvalue weighted by Crippen LogP contribution is -2.46. The lowest BCUT2D eigenvalue weighted by atomic mass is 10.2. The monoisotopic (exact) mass is 233 g/mol. The van der Waals surface area contributed by atoms with Gasteiger partial charge in [-0.15, -0.1) is 0 Å². The molecule has 0 aliphatic carbocycles. The quantitative estimate of drug-likeness (QED) is 0.444. The van der Waals surface area contributed by atoms with Crippen molar-refractivity contribution in [2.24, 2.45) is 5.84 Å². The van der Waals surface area contributed by atoms with E-state index in [1.807, 2.05) is 30.3 Å². The molecule has 3 N–H and O–H groups in total. The number of nitrogens with zero attached hydrogens (tertiary/aromatic N) is 1. The van der Waals surface area contributed by atoms with E-state index in [-0.39, 0.29) is 11.8 Å². The molecule has 1 heterocycles. The Bertz CT molecular complexity index is 419. The van der Waals surface area contributed by atoms with Gasteiger partial charge in [0.15, 0.2) is 0 Å². The van der Waals surface area contributed by atoms with Crippen LogP contribution in [0.15, 0.2) is 30.3 Å². The number of hydrazine groups is 1. The van der Waals surface area contributed by atoms with E-state index < -0.39 is 6.04 Å². The molecule has 1 aromatic carbocycles. The first-order chi connectivity index (χ1) is 8.22. The van der Waals surface area contributed by atoms with Crippen molar-refractivity contribution in [1.82, 2.24) is 10.3 Å². The van der Waals surface area contributed by atoms with Crippen LogP contribution in [0.4, 0.5) is 0 Å². The second-order valence-electron chi connectivity index (χ2n) is 4.07. The van der Waals surface area contributed by atoms with Crippen LogP contribution in [0, 0.1) is 0 Å². The van der Waals surface area contributed by atoms with Crippen molar-refractivity contribution in [3.8, 4) is 0 Å². The van der Waals surface area contributed by atoms with Gasteiger partial charge in [-0.05, 0) is 12.0 Å². The molecule has 2 rings (SSSR count). The summed E-state index contributed by atoms with van der Waals surface area (Å²) in [5.74, 6) is 4.82. The van der Waals surface area contributed by atoms with E-state index in [9.17, 15) is 9.59 Å². The summed E-state index contributed by atoms with van der Waals surface area (Å²) in [5, 5.41) is 0. The molecule has 2 amide bonds. The van der Waals surface area contributed by atoms with Gasteiger partial charge in [-0.3, -0.25) is 15.0 Å². The number of nitrogens with one attached hydrogen (secondary N) is 1. The molecule has 0 radical (unpaired) electrons. The molecule has 1 aliphatic rings. The van der Waals surface area contributed by atoms with E-state index in [1.54, 1.807) is 4.90 Å². The first-order valence-corrected chi connectivity index (χ1v) is 5.56. The second-order valence-corrected chi connectivity index (χ2v) is 4.07. The van der Waals surface area contributed by atoms with Crippen molar-refractivity contribution in [2.75, 3.05) is 0 Å². The minimum Gasteiger partial charge on any atom is -0.326 e. The summed E-state index contributed by atoms with van der Waals surface area (Å²) in [4.78, 5) is 24.8. The van der Waals surface area contributed by atoms with Gasteiger partial charge in [0.05, 0.1) is 0 Å². The lowest BCUT2D eigenvalue weighted by molar-refractivity contribution is -0.135. The molecular weight excluding hydrogens is 218 g/mol. The fourth-order valence-electron chi connectivity index (χ4n) is 2.08. The number of nitrogens with two attached hydrogens (primary N) is 1. The summed E-state index contributed by atoms with van der Waals surface area (Å²) in [6, 6.07) is 9.17. The van der Waals surface area contributed by atoms with Crippen LogP contribution in [0.25, 0.3) is 0 Å². The van der Waals surface area contributed by atoms with Gasteiger partial charge in [0, 0.05) is 13.0 Å². The Morgan fingerprint density at radius 2 is 2.12 bits per heavy atom. The zero-order chi connectivity index (χ0) is 12.3. The first-order valence-electron chi connectivity index (χ1n) is 5.56. The summed E-state index contributed by atoms with van der Waals surface area (Å²) in [7, 11) is 0. The first kappa shape index (κ1) is 11.6. The van der Waals surface area contributed by atoms with E-state index in [1.165, 1.54) is 0 Å². The van der Waals surface area contributed by atoms with Crippen LogP contribution >= 0.6 is 0 Å². The van der Waals surface area contributed by atoms with Crippen molar-refractivity contribution >= 4 is 11.8 Å². The maximum absolute atomic E-state index is 11.7. The van der Waals surface area contributed by atoms with Crippen LogP contribution in [-0.4, -0.2) is 22.8 Å². The van der Waals surface area contributed by atoms with Crippen molar-refractivity contribution in [1.29, 1.82) is 0 Å². The number of hydrogen-bond donors (Lipinski definition) is 2. The number of hydrogen-bond acceptors (Lipinski definition) is 3. The van der Waals surface area contributed by atoms with E-state index in [0.29, 0.717) is 19.4 Å². The highest BCUT2D eigenvalue weighted by Crippen LogP contribution is 2.21. The Morgan fingerprint density at radius 1 is 1.41 bits per heavy atom. The molecule has 5 heteroatoms. The predicted octanol–water partition coefficient (Wildman–Crippen LogP) is 0.167. The van der Waals surface area contributed by atoms with Gasteiger partial charge < -0.3 is 4.90 Å². The largest absolute Gasteiger partial charge is 0.326 e. The molecular formula is C12H15N3O2. The molecule has 0 saturated carbocycles. The van der Waals surface area contributed by atoms with E-state index in [0.717, 1.165) is 5.56 Å². The summed E-state index contributed by atoms with van der Waals surface area (Å²) in [6.07, 6.45) is 0.944. The highest BCUT2D eigenvalue weighted by atomic mass is 16.2. The highest BCUT2D eigenvalue weighted by Gasteiger charge is 2.35. The van der Waals surface area contributed by atoms with Crippen molar-refractivity contribution in [3.05, 3.63) is 35.9 Å². The van der Waals surface area contributed by atoms with Gasteiger partial charge in [-0.2, -0.15) is 0 Å². The minimum atomic E-state index is -0.437. The molecule has 1 atom stereocenters. The van der Waals surface area contributed by atoms with Crippen LogP contribution in [0.1, 0.15) is 18.4 Å². The van der Waals surface area contributed by atoms with E-state index in [4.69, 9.17) is 5.84 Å². The predicted molar refractivity (Wildman–Crippen MR) is 62.3 cm³/mol. The third kappa shape index (κ3) is 2.45. The third-order valence-electron chi connectivity index (χ3n) is 2.97. The fourth-order valence-corrected chi connectivity index (χ4v) is 2.08. The zero-order valence-electron chi connectivity index (χ0n) is 9.43. The van der Waals surface area contributed by atoms with Crippen LogP contribution in [0.2, 0.25) is 0 Å². The van der Waals surface area contributed by atoms with Gasteiger partial charge in [0.1, 0.15) is 6.04 Å². The summed E-state index contributed by atoms with van der Waals surface area (Å²) in [5.41, 5.74) is 3.12. The molecule has 5 nitrogen and oxygen atoms in total. The van der Waals surface area contributed by atoms with Gasteiger partial charge >= 0.3 is 0 Å². The summed E-state index contributed by atoms with van der Waals surface area (Å²) >= 11 is 0. The number of carbonyl (C=O) groups is 2. The third-order valence-corrected chi connectivity index (χ3v) is 2.97. The van der Waals surface area contributed by atoms with Gasteiger partial charge in [-0.1, -0.05) is 30.3 Å². The molecule has 1 saturated heterocycles. The maximum Gasteiger partial charge on any atom is 0.256 e.